The number of benzene rings is 2. The van der Waals surface area contributed by atoms with Crippen LogP contribution in [0.25, 0.3) is 0 Å². The highest BCUT2D eigenvalue weighted by Crippen LogP contribution is 2.19. The van der Waals surface area contributed by atoms with E-state index in [9.17, 15) is 8.42 Å². The van der Waals surface area contributed by atoms with Crippen molar-refractivity contribution in [2.75, 3.05) is 18.8 Å². The van der Waals surface area contributed by atoms with Crippen LogP contribution in [0.15, 0.2) is 48.5 Å². The van der Waals surface area contributed by atoms with Crippen LogP contribution in [0.2, 0.25) is 5.02 Å². The van der Waals surface area contributed by atoms with E-state index in [1.807, 2.05) is 12.1 Å². The van der Waals surface area contributed by atoms with E-state index >= 15 is 0 Å². The van der Waals surface area contributed by atoms with Gasteiger partial charge in [0.05, 0.1) is 5.69 Å². The van der Waals surface area contributed by atoms with Gasteiger partial charge in [0.2, 0.25) is 0 Å². The van der Waals surface area contributed by atoms with E-state index in [0.29, 0.717) is 23.1 Å². The average Bonchev–Trinajstić information content (AvgIpc) is 2.48. The van der Waals surface area contributed by atoms with Crippen LogP contribution in [0.1, 0.15) is 5.56 Å². The second kappa shape index (κ2) is 7.00. The second-order valence-electron chi connectivity index (χ2n) is 4.83. The van der Waals surface area contributed by atoms with Crippen molar-refractivity contribution < 1.29 is 13.2 Å². The maximum Gasteiger partial charge on any atom is 0.301 e. The van der Waals surface area contributed by atoms with Crippen molar-refractivity contribution in [3.05, 3.63) is 59.1 Å². The quantitative estimate of drug-likeness (QED) is 0.878. The summed E-state index contributed by atoms with van der Waals surface area (Å²) in [7, 11) is -0.565. The van der Waals surface area contributed by atoms with Crippen LogP contribution in [0.3, 0.4) is 0 Å². The van der Waals surface area contributed by atoms with Gasteiger partial charge in [-0.05, 0) is 42.0 Å². The maximum atomic E-state index is 11.7. The van der Waals surface area contributed by atoms with E-state index < -0.39 is 10.2 Å². The van der Waals surface area contributed by atoms with Gasteiger partial charge in [-0.25, -0.2) is 0 Å². The molecular formula is C15H17ClN2O3S. The van der Waals surface area contributed by atoms with Crippen molar-refractivity contribution in [1.29, 1.82) is 0 Å². The molecule has 118 valence electrons. The molecule has 0 unspecified atom stereocenters. The molecule has 0 saturated heterocycles. The van der Waals surface area contributed by atoms with Crippen molar-refractivity contribution in [3.63, 3.8) is 0 Å². The number of halogens is 1. The maximum absolute atomic E-state index is 11.7. The lowest BCUT2D eigenvalue weighted by Gasteiger charge is -2.13. The molecule has 2 aromatic rings. The molecule has 0 fully saturated rings. The molecule has 0 aliphatic heterocycles. The number of nitrogens with zero attached hydrogens (tertiary/aromatic N) is 1. The van der Waals surface area contributed by atoms with Gasteiger partial charge in [-0.15, -0.1) is 0 Å². The molecule has 0 spiro atoms. The third-order valence-corrected chi connectivity index (χ3v) is 4.61. The zero-order valence-corrected chi connectivity index (χ0v) is 13.9. The van der Waals surface area contributed by atoms with Gasteiger partial charge in [-0.3, -0.25) is 4.72 Å². The third-order valence-electron chi connectivity index (χ3n) is 2.90. The highest BCUT2D eigenvalue weighted by Gasteiger charge is 2.12. The highest BCUT2D eigenvalue weighted by molar-refractivity contribution is 7.90. The Morgan fingerprint density at radius 1 is 1.05 bits per heavy atom. The molecule has 2 rings (SSSR count). The third kappa shape index (κ3) is 4.62. The van der Waals surface area contributed by atoms with Gasteiger partial charge in [0, 0.05) is 19.1 Å². The summed E-state index contributed by atoms with van der Waals surface area (Å²) in [5, 5.41) is 0.682. The Morgan fingerprint density at radius 2 is 1.64 bits per heavy atom. The summed E-state index contributed by atoms with van der Waals surface area (Å²) in [4.78, 5) is 0. The lowest BCUT2D eigenvalue weighted by atomic mass is 10.2. The predicted molar refractivity (Wildman–Crippen MR) is 88.5 cm³/mol. The smallest absolute Gasteiger partial charge is 0.301 e. The summed E-state index contributed by atoms with van der Waals surface area (Å²) >= 11 is 5.82. The molecule has 0 radical (unpaired) electrons. The SMILES string of the molecule is CN(C)S(=O)(=O)Nc1ccc(OCc2ccc(Cl)cc2)cc1. The Bertz CT molecular complexity index is 713. The number of anilines is 1. The zero-order valence-electron chi connectivity index (χ0n) is 12.3. The van der Waals surface area contributed by atoms with Gasteiger partial charge in [0.1, 0.15) is 12.4 Å². The van der Waals surface area contributed by atoms with Crippen molar-refractivity contribution in [2.24, 2.45) is 0 Å². The number of hydrogen-bond acceptors (Lipinski definition) is 3. The summed E-state index contributed by atoms with van der Waals surface area (Å²) in [6.07, 6.45) is 0. The number of nitrogens with one attached hydrogen (secondary N) is 1. The fourth-order valence-corrected chi connectivity index (χ4v) is 2.35. The molecule has 0 aliphatic carbocycles. The molecule has 0 aliphatic rings. The lowest BCUT2D eigenvalue weighted by molar-refractivity contribution is 0.306. The molecule has 0 bridgehead atoms. The van der Waals surface area contributed by atoms with Crippen LogP contribution in [0.4, 0.5) is 5.69 Å². The average molecular weight is 341 g/mol. The Kier molecular flexibility index (Phi) is 5.28. The second-order valence-corrected chi connectivity index (χ2v) is 7.15. The fourth-order valence-electron chi connectivity index (χ4n) is 1.61. The first-order chi connectivity index (χ1) is 10.4. The Morgan fingerprint density at radius 3 is 2.18 bits per heavy atom. The molecule has 0 amide bonds. The van der Waals surface area contributed by atoms with Gasteiger partial charge < -0.3 is 4.74 Å². The molecular weight excluding hydrogens is 324 g/mol. The van der Waals surface area contributed by atoms with Crippen molar-refractivity contribution in [2.45, 2.75) is 6.61 Å². The summed E-state index contributed by atoms with van der Waals surface area (Å²) in [5.41, 5.74) is 1.48. The van der Waals surface area contributed by atoms with Crippen LogP contribution in [-0.4, -0.2) is 26.8 Å². The van der Waals surface area contributed by atoms with Crippen LogP contribution in [-0.2, 0) is 16.8 Å². The largest absolute Gasteiger partial charge is 0.489 e. The molecule has 0 aromatic heterocycles. The highest BCUT2D eigenvalue weighted by atomic mass is 35.5. The number of rotatable bonds is 6. The molecule has 1 N–H and O–H groups in total. The van der Waals surface area contributed by atoms with Crippen molar-refractivity contribution >= 4 is 27.5 Å². The van der Waals surface area contributed by atoms with Gasteiger partial charge in [0.25, 0.3) is 0 Å². The summed E-state index contributed by atoms with van der Waals surface area (Å²) < 4.78 is 32.6. The molecule has 0 saturated carbocycles. The summed E-state index contributed by atoms with van der Waals surface area (Å²) in [6.45, 7) is 0.417. The number of hydrogen-bond donors (Lipinski definition) is 1. The van der Waals surface area contributed by atoms with E-state index in [4.69, 9.17) is 16.3 Å². The van der Waals surface area contributed by atoms with Crippen LogP contribution in [0.5, 0.6) is 5.75 Å². The van der Waals surface area contributed by atoms with Gasteiger partial charge in [0.15, 0.2) is 0 Å². The van der Waals surface area contributed by atoms with Crippen LogP contribution < -0.4 is 9.46 Å². The van der Waals surface area contributed by atoms with Crippen molar-refractivity contribution in [1.82, 2.24) is 4.31 Å². The van der Waals surface area contributed by atoms with E-state index in [-0.39, 0.29) is 0 Å². The van der Waals surface area contributed by atoms with Crippen LogP contribution in [0, 0.1) is 0 Å². The fraction of sp³-hybridized carbons (Fsp3) is 0.200. The van der Waals surface area contributed by atoms with Gasteiger partial charge in [-0.1, -0.05) is 23.7 Å². The standard InChI is InChI=1S/C15H17ClN2O3S/c1-18(2)22(19,20)17-14-7-9-15(10-8-14)21-11-12-3-5-13(16)6-4-12/h3-10,17H,11H2,1-2H3. The van der Waals surface area contributed by atoms with E-state index in [0.717, 1.165) is 9.87 Å². The van der Waals surface area contributed by atoms with E-state index in [2.05, 4.69) is 4.72 Å². The molecule has 22 heavy (non-hydrogen) atoms. The zero-order chi connectivity index (χ0) is 16.2. The van der Waals surface area contributed by atoms with Crippen molar-refractivity contribution in [3.8, 4) is 5.75 Å². The lowest BCUT2D eigenvalue weighted by Crippen LogP contribution is -2.28. The minimum absolute atomic E-state index is 0.417. The first-order valence-corrected chi connectivity index (χ1v) is 8.36. The summed E-state index contributed by atoms with van der Waals surface area (Å²) in [5.74, 6) is 0.655. The monoisotopic (exact) mass is 340 g/mol. The van der Waals surface area contributed by atoms with Gasteiger partial charge >= 0.3 is 10.2 Å². The number of ether oxygens (including phenoxy) is 1. The first kappa shape index (κ1) is 16.6. The molecule has 0 atom stereocenters. The van der Waals surface area contributed by atoms with E-state index in [1.165, 1.54) is 14.1 Å². The van der Waals surface area contributed by atoms with Crippen LogP contribution >= 0.6 is 11.6 Å². The molecule has 2 aromatic carbocycles. The molecule has 0 heterocycles. The minimum Gasteiger partial charge on any atom is -0.489 e. The Labute approximate surface area is 135 Å². The molecule has 5 nitrogen and oxygen atoms in total. The first-order valence-electron chi connectivity index (χ1n) is 6.54. The minimum atomic E-state index is -3.49. The van der Waals surface area contributed by atoms with E-state index in [1.54, 1.807) is 36.4 Å². The Balaban J connectivity index is 1.96. The summed E-state index contributed by atoms with van der Waals surface area (Å²) in [6, 6.07) is 14.1. The molecule has 7 heteroatoms. The van der Waals surface area contributed by atoms with Gasteiger partial charge in [-0.2, -0.15) is 12.7 Å². The Hall–Kier alpha value is -1.76. The topological polar surface area (TPSA) is 58.6 Å². The predicted octanol–water partition coefficient (Wildman–Crippen LogP) is 3.14. The normalized spacial score (nSPS) is 11.5.